The molecular formula is C97H106I2O13P2. The summed E-state index contributed by atoms with van der Waals surface area (Å²) in [7, 11) is 16.0. The minimum atomic E-state index is -2.43. The van der Waals surface area contributed by atoms with Crippen molar-refractivity contribution in [2.75, 3.05) is 83.4 Å². The number of hydrogen-bond donors (Lipinski definition) is 0. The van der Waals surface area contributed by atoms with Gasteiger partial charge < -0.3 is 47.4 Å². The van der Waals surface area contributed by atoms with E-state index in [0.29, 0.717) is 39.7 Å². The van der Waals surface area contributed by atoms with Crippen LogP contribution in [0.2, 0.25) is 0 Å². The molecule has 0 aliphatic carbocycles. The second-order valence-electron chi connectivity index (χ2n) is 24.7. The van der Waals surface area contributed by atoms with Crippen LogP contribution in [0.3, 0.4) is 0 Å². The van der Waals surface area contributed by atoms with Crippen molar-refractivity contribution in [1.82, 2.24) is 0 Å². The molecule has 0 fully saturated rings. The predicted octanol–water partition coefficient (Wildman–Crippen LogP) is 22.1. The Balaban J connectivity index is 0.000000237. The van der Waals surface area contributed by atoms with E-state index in [4.69, 9.17) is 47.4 Å². The van der Waals surface area contributed by atoms with Gasteiger partial charge in [0.25, 0.3) is 0 Å². The van der Waals surface area contributed by atoms with Crippen molar-refractivity contribution < 1.29 is 61.8 Å². The number of aldehydes is 3. The van der Waals surface area contributed by atoms with Crippen LogP contribution < -0.4 is 79.2 Å². The molecule has 0 saturated heterocycles. The normalized spacial score (nSPS) is 11.0. The van der Waals surface area contributed by atoms with Crippen molar-refractivity contribution in [3.63, 3.8) is 0 Å². The Hall–Kier alpha value is -10.8. The zero-order valence-corrected chi connectivity index (χ0v) is 73.7. The predicted molar refractivity (Wildman–Crippen MR) is 499 cm³/mol. The summed E-state index contributed by atoms with van der Waals surface area (Å²) in [5.41, 5.74) is 5.04. The maximum atomic E-state index is 10.4. The average Bonchev–Trinajstić information content (AvgIpc) is 0.716. The van der Waals surface area contributed by atoms with Gasteiger partial charge in [0.2, 0.25) is 0 Å². The third kappa shape index (κ3) is 26.7. The molecule has 12 aromatic carbocycles. The van der Waals surface area contributed by atoms with Crippen LogP contribution >= 0.6 is 52.6 Å². The molecule has 17 heteroatoms. The summed E-state index contributed by atoms with van der Waals surface area (Å²) in [4.78, 5) is 31.0. The van der Waals surface area contributed by atoms with E-state index in [1.165, 1.54) is 37.4 Å². The number of ether oxygens (including phenoxy) is 10. The number of hydrogen-bond acceptors (Lipinski definition) is 13. The Labute approximate surface area is 701 Å². The van der Waals surface area contributed by atoms with Gasteiger partial charge in [-0.3, -0.25) is 14.4 Å². The van der Waals surface area contributed by atoms with Crippen molar-refractivity contribution in [2.24, 2.45) is 0 Å². The Morgan fingerprint density at radius 1 is 0.254 bits per heavy atom. The second-order valence-corrected chi connectivity index (χ2v) is 46.6. The molecule has 0 spiro atoms. The van der Waals surface area contributed by atoms with Gasteiger partial charge in [-0.15, -0.1) is 0 Å². The summed E-state index contributed by atoms with van der Waals surface area (Å²) >= 11 is 5.60. The fourth-order valence-corrected chi connectivity index (χ4v) is 26.4. The molecule has 596 valence electrons. The summed E-state index contributed by atoms with van der Waals surface area (Å²) in [6, 6.07) is 102. The summed E-state index contributed by atoms with van der Waals surface area (Å²) in [6.45, 7) is 12.3. The van der Waals surface area contributed by atoms with Gasteiger partial charge >= 0.3 is 293 Å². The molecule has 12 rings (SSSR count). The molecule has 0 amide bonds. The van der Waals surface area contributed by atoms with E-state index >= 15 is 0 Å². The third-order valence-electron chi connectivity index (χ3n) is 18.0. The van der Waals surface area contributed by atoms with Crippen LogP contribution in [0, 0.1) is 0 Å². The first kappa shape index (κ1) is 93.8. The van der Waals surface area contributed by atoms with E-state index in [2.05, 4.69) is 253 Å². The molecule has 0 saturated carbocycles. The number of halogens is 2. The first-order valence-corrected chi connectivity index (χ1v) is 47.0. The topological polar surface area (TPSA) is 144 Å². The average molecular weight is 1800 g/mol. The fraction of sp³-hybridized carbons (Fsp3) is 0.165. The summed E-state index contributed by atoms with van der Waals surface area (Å²) in [5, 5.41) is 8.72. The van der Waals surface area contributed by atoms with Crippen LogP contribution in [-0.4, -0.2) is 102 Å². The van der Waals surface area contributed by atoms with Gasteiger partial charge in [-0.25, -0.2) is 0 Å². The Kier molecular flexibility index (Phi) is 40.8. The molecule has 0 atom stereocenters. The number of rotatable bonds is 24. The van der Waals surface area contributed by atoms with Crippen molar-refractivity contribution in [2.45, 2.75) is 27.7 Å². The van der Waals surface area contributed by atoms with Gasteiger partial charge in [-0.2, -0.15) is 0 Å². The van der Waals surface area contributed by atoms with E-state index in [1.807, 2.05) is 92.7 Å². The van der Waals surface area contributed by atoms with Gasteiger partial charge in [0.1, 0.15) is 76.4 Å². The fourth-order valence-electron chi connectivity index (χ4n) is 11.9. The Morgan fingerprint density at radius 3 is 0.632 bits per heavy atom. The zero-order chi connectivity index (χ0) is 83.1. The maximum absolute atomic E-state index is 10.4. The third-order valence-corrected chi connectivity index (χ3v) is 42.8. The SMILES string of the molecule is C/C=C/c1cc(OC)cc(OC)c1.C/C=C/c1ccc(OC)cc1.C=Cc1cc(OC)cc(OC)c1.CCP(I)(c1ccccc1)(c1ccccc1)c1ccccc1.CCP(I)(c1ccccc1)(c1ccccc1)c1ccccc1.COc1cc(C=O)cc(OC)c1.COc1cc(C=O)cc(OC)c1.COc1ccc(C=O)cc1. The van der Waals surface area contributed by atoms with E-state index in [-0.39, 0.29) is 0 Å². The molecule has 13 nitrogen and oxygen atoms in total. The first-order chi connectivity index (χ1) is 55.3. The smallest absolute Gasteiger partial charge is 0.150 e. The molecule has 0 aromatic heterocycles. The minimum Gasteiger partial charge on any atom is -0.497 e. The first-order valence-electron chi connectivity index (χ1n) is 36.6. The standard InChI is InChI=1S/2C20H20IP.C11H14O2.C10H12O2.C10H12O.2C9H10O3.C8H8O2/c2*1-2-22(21,18-12-6-3-7-13-18,19-14-8-4-9-15-19)20-16-10-5-11-17-20;1-4-5-9-6-10(12-2)8-11(7-9)13-3;1-4-8-5-9(11-2)7-10(6-8)12-3;1-3-4-9-5-7-10(11-2)8-6-9;2*1-11-8-3-7(6-10)4-9(5-8)12-2;1-10-8-4-2-7(6-9)3-5-8/h2*3-17H,2H2,1H3;4-8H,1-3H3;4-7H,1H2,2-3H3;3-8H,1-2H3;2*3-6H,1-2H3;2-6H,1H3/b;;5-4+;;4-3+;;;. The van der Waals surface area contributed by atoms with Crippen LogP contribution in [0.5, 0.6) is 57.5 Å². The van der Waals surface area contributed by atoms with Crippen LogP contribution in [0.15, 0.2) is 322 Å². The molecule has 0 unspecified atom stereocenters. The van der Waals surface area contributed by atoms with E-state index in [1.54, 1.807) is 138 Å². The van der Waals surface area contributed by atoms with E-state index in [9.17, 15) is 14.4 Å². The van der Waals surface area contributed by atoms with Gasteiger partial charge in [-0.1, -0.05) is 49.1 Å². The molecule has 0 radical (unpaired) electrons. The molecule has 114 heavy (non-hydrogen) atoms. The van der Waals surface area contributed by atoms with Crippen LogP contribution in [0.1, 0.15) is 75.5 Å². The van der Waals surface area contributed by atoms with Crippen LogP contribution in [0.25, 0.3) is 18.2 Å². The Bertz CT molecular complexity index is 4300. The molecule has 0 aliphatic rings. The van der Waals surface area contributed by atoms with Crippen LogP contribution in [0.4, 0.5) is 0 Å². The van der Waals surface area contributed by atoms with Crippen molar-refractivity contribution in [3.05, 3.63) is 355 Å². The quantitative estimate of drug-likeness (QED) is 0.0322. The minimum absolute atomic E-state index is 0.547. The number of methoxy groups -OCH3 is 10. The monoisotopic (exact) mass is 1790 g/mol. The number of carbonyl (C=O) groups is 3. The van der Waals surface area contributed by atoms with E-state index in [0.717, 1.165) is 76.8 Å². The second kappa shape index (κ2) is 49.6. The summed E-state index contributed by atoms with van der Waals surface area (Å²) < 4.78 is 45.3. The molecule has 0 bridgehead atoms. The maximum Gasteiger partial charge on any atom is 0.150 e. The van der Waals surface area contributed by atoms with Gasteiger partial charge in [-0.05, 0) is 115 Å². The largest absolute Gasteiger partial charge is 0.497 e. The van der Waals surface area contributed by atoms with E-state index < -0.39 is 8.49 Å². The van der Waals surface area contributed by atoms with Crippen molar-refractivity contribution >= 4 is 121 Å². The van der Waals surface area contributed by atoms with Crippen molar-refractivity contribution in [1.29, 1.82) is 0 Å². The van der Waals surface area contributed by atoms with Gasteiger partial charge in [0.15, 0.2) is 0 Å². The van der Waals surface area contributed by atoms with Crippen molar-refractivity contribution in [3.8, 4) is 57.5 Å². The molecular weight excluding hydrogens is 1690 g/mol. The summed E-state index contributed by atoms with van der Waals surface area (Å²) in [6.07, 6.45) is 14.4. The zero-order valence-electron chi connectivity index (χ0n) is 67.6. The number of benzene rings is 12. The van der Waals surface area contributed by atoms with Gasteiger partial charge in [0.05, 0.1) is 71.1 Å². The number of carbonyl (C=O) groups excluding carboxylic acids is 3. The Morgan fingerprint density at radius 2 is 0.447 bits per heavy atom. The molecule has 12 aromatic rings. The molecule has 0 N–H and O–H groups in total. The van der Waals surface area contributed by atoms with Gasteiger partial charge in [0, 0.05) is 41.0 Å². The molecule has 0 heterocycles. The van der Waals surface area contributed by atoms with Crippen LogP contribution in [-0.2, 0) is 0 Å². The summed E-state index contributed by atoms with van der Waals surface area (Å²) in [5.74, 6) is 7.35. The molecule has 0 aliphatic heterocycles. The number of allylic oxidation sites excluding steroid dienone is 2.